The van der Waals surface area contributed by atoms with Crippen LogP contribution < -0.4 is 10.1 Å². The molecular formula is C28H22F2N2O2. The highest BCUT2D eigenvalue weighted by Crippen LogP contribution is 2.31. The first kappa shape index (κ1) is 22.9. The van der Waals surface area contributed by atoms with E-state index in [9.17, 15) is 13.6 Å². The first-order valence-electron chi connectivity index (χ1n) is 10.6. The topological polar surface area (TPSA) is 51.2 Å². The van der Waals surface area contributed by atoms with Crippen LogP contribution >= 0.6 is 0 Å². The van der Waals surface area contributed by atoms with Gasteiger partial charge in [-0.25, -0.2) is 8.78 Å². The number of benzene rings is 3. The van der Waals surface area contributed by atoms with E-state index in [1.165, 1.54) is 12.1 Å². The first-order chi connectivity index (χ1) is 16.4. The molecule has 0 aliphatic rings. The molecule has 1 heterocycles. The number of carbonyl (C=O) groups excluding carboxylic acids is 1. The smallest absolute Gasteiger partial charge is 0.150 e. The van der Waals surface area contributed by atoms with Gasteiger partial charge in [0.2, 0.25) is 0 Å². The molecule has 4 rings (SSSR count). The van der Waals surface area contributed by atoms with Crippen LogP contribution in [0.5, 0.6) is 11.5 Å². The Bertz CT molecular complexity index is 1350. The maximum atomic E-state index is 13.4. The summed E-state index contributed by atoms with van der Waals surface area (Å²) in [5, 5.41) is 3.12. The third kappa shape index (κ3) is 5.35. The number of nitrogens with zero attached hydrogens (tertiary/aromatic N) is 1. The summed E-state index contributed by atoms with van der Waals surface area (Å²) in [6.07, 6.45) is 2.44. The average molecular weight is 456 g/mol. The third-order valence-corrected chi connectivity index (χ3v) is 5.32. The quantitative estimate of drug-likeness (QED) is 0.300. The minimum atomic E-state index is -0.622. The van der Waals surface area contributed by atoms with Crippen LogP contribution in [0.4, 0.5) is 8.78 Å². The standard InChI is InChI=1S/C28H22F2N2O2/c1-18-26(19(2)32-16-21-12-23(29)14-24(30)13-21)7-4-8-28(18)34-25-9-10-31-27(15-25)22-6-3-5-20(11-22)17-33/h3-15,17,32H,2,16H2,1H3. The molecule has 0 fully saturated rings. The van der Waals surface area contributed by atoms with Gasteiger partial charge in [-0.3, -0.25) is 9.78 Å². The lowest BCUT2D eigenvalue weighted by Gasteiger charge is -2.16. The van der Waals surface area contributed by atoms with Crippen LogP contribution in [-0.4, -0.2) is 11.3 Å². The van der Waals surface area contributed by atoms with Gasteiger partial charge >= 0.3 is 0 Å². The van der Waals surface area contributed by atoms with Crippen LogP contribution in [0, 0.1) is 18.6 Å². The number of aromatic nitrogens is 1. The predicted octanol–water partition coefficient (Wildman–Crippen LogP) is 6.70. The molecule has 0 aliphatic carbocycles. The highest BCUT2D eigenvalue weighted by Gasteiger charge is 2.11. The Kier molecular flexibility index (Phi) is 6.78. The fourth-order valence-electron chi connectivity index (χ4n) is 3.60. The van der Waals surface area contributed by atoms with Crippen molar-refractivity contribution in [3.8, 4) is 22.8 Å². The van der Waals surface area contributed by atoms with Crippen LogP contribution in [0.3, 0.4) is 0 Å². The monoisotopic (exact) mass is 456 g/mol. The molecule has 34 heavy (non-hydrogen) atoms. The molecule has 0 bridgehead atoms. The maximum absolute atomic E-state index is 13.4. The molecule has 0 aliphatic heterocycles. The summed E-state index contributed by atoms with van der Waals surface area (Å²) < 4.78 is 33.0. The van der Waals surface area contributed by atoms with Crippen molar-refractivity contribution >= 4 is 12.0 Å². The van der Waals surface area contributed by atoms with Gasteiger partial charge in [-0.2, -0.15) is 0 Å². The number of rotatable bonds is 8. The van der Waals surface area contributed by atoms with Crippen LogP contribution in [0.2, 0.25) is 0 Å². The zero-order chi connectivity index (χ0) is 24.1. The molecule has 0 atom stereocenters. The Morgan fingerprint density at radius 1 is 1.03 bits per heavy atom. The molecule has 6 heteroatoms. The van der Waals surface area contributed by atoms with Gasteiger partial charge in [-0.1, -0.05) is 36.9 Å². The first-order valence-corrected chi connectivity index (χ1v) is 10.6. The second kappa shape index (κ2) is 10.1. The fourth-order valence-corrected chi connectivity index (χ4v) is 3.60. The lowest BCUT2D eigenvalue weighted by Crippen LogP contribution is -2.12. The van der Waals surface area contributed by atoms with Crippen molar-refractivity contribution in [2.75, 3.05) is 0 Å². The number of hydrogen-bond donors (Lipinski definition) is 1. The van der Waals surface area contributed by atoms with Crippen molar-refractivity contribution < 1.29 is 18.3 Å². The highest BCUT2D eigenvalue weighted by atomic mass is 19.1. The van der Waals surface area contributed by atoms with Crippen LogP contribution in [0.15, 0.2) is 85.6 Å². The average Bonchev–Trinajstić information content (AvgIpc) is 2.83. The molecule has 3 aromatic carbocycles. The normalized spacial score (nSPS) is 10.6. The summed E-state index contributed by atoms with van der Waals surface area (Å²) in [6.45, 7) is 6.21. The molecule has 0 saturated carbocycles. The fraction of sp³-hybridized carbons (Fsp3) is 0.0714. The van der Waals surface area contributed by atoms with E-state index in [0.29, 0.717) is 34.0 Å². The zero-order valence-electron chi connectivity index (χ0n) is 18.5. The van der Waals surface area contributed by atoms with E-state index < -0.39 is 11.6 Å². The summed E-state index contributed by atoms with van der Waals surface area (Å²) in [4.78, 5) is 15.5. The van der Waals surface area contributed by atoms with E-state index >= 15 is 0 Å². The lowest BCUT2D eigenvalue weighted by atomic mass is 10.0. The van der Waals surface area contributed by atoms with Crippen molar-refractivity contribution in [3.63, 3.8) is 0 Å². The van der Waals surface area contributed by atoms with Gasteiger partial charge in [0, 0.05) is 52.8 Å². The number of halogens is 2. The summed E-state index contributed by atoms with van der Waals surface area (Å²) in [5.74, 6) is -0.0150. The van der Waals surface area contributed by atoms with Gasteiger partial charge in [0.1, 0.15) is 29.4 Å². The van der Waals surface area contributed by atoms with E-state index in [0.717, 1.165) is 29.0 Å². The molecule has 0 radical (unpaired) electrons. The van der Waals surface area contributed by atoms with Crippen molar-refractivity contribution in [3.05, 3.63) is 119 Å². The van der Waals surface area contributed by atoms with E-state index in [2.05, 4.69) is 16.9 Å². The number of pyridine rings is 1. The minimum absolute atomic E-state index is 0.228. The summed E-state index contributed by atoms with van der Waals surface area (Å²) >= 11 is 0. The third-order valence-electron chi connectivity index (χ3n) is 5.32. The number of ether oxygens (including phenoxy) is 1. The molecular weight excluding hydrogens is 434 g/mol. The van der Waals surface area contributed by atoms with Crippen LogP contribution in [-0.2, 0) is 6.54 Å². The van der Waals surface area contributed by atoms with Gasteiger partial charge in [0.05, 0.1) is 5.69 Å². The Labute approximate surface area is 196 Å². The zero-order valence-corrected chi connectivity index (χ0v) is 18.5. The molecule has 170 valence electrons. The molecule has 0 spiro atoms. The largest absolute Gasteiger partial charge is 0.457 e. The van der Waals surface area contributed by atoms with Crippen LogP contribution in [0.25, 0.3) is 17.0 Å². The van der Waals surface area contributed by atoms with Gasteiger partial charge in [0.25, 0.3) is 0 Å². The molecule has 0 amide bonds. The number of carbonyl (C=O) groups is 1. The van der Waals surface area contributed by atoms with Crippen molar-refractivity contribution in [1.82, 2.24) is 10.3 Å². The minimum Gasteiger partial charge on any atom is -0.457 e. The Morgan fingerprint density at radius 3 is 2.56 bits per heavy atom. The highest BCUT2D eigenvalue weighted by molar-refractivity contribution is 5.78. The number of nitrogens with one attached hydrogen (secondary N) is 1. The van der Waals surface area contributed by atoms with Crippen LogP contribution in [0.1, 0.15) is 27.0 Å². The maximum Gasteiger partial charge on any atom is 0.150 e. The van der Waals surface area contributed by atoms with Crippen molar-refractivity contribution in [2.45, 2.75) is 13.5 Å². The van der Waals surface area contributed by atoms with Crippen molar-refractivity contribution in [1.29, 1.82) is 0 Å². The Balaban J connectivity index is 1.52. The summed E-state index contributed by atoms with van der Waals surface area (Å²) in [7, 11) is 0. The number of aldehydes is 1. The van der Waals surface area contributed by atoms with Gasteiger partial charge in [-0.15, -0.1) is 0 Å². The molecule has 1 N–H and O–H groups in total. The molecule has 1 aromatic heterocycles. The Hall–Kier alpha value is -4.32. The summed E-state index contributed by atoms with van der Waals surface area (Å²) in [5.41, 5.74) is 4.82. The van der Waals surface area contributed by atoms with Gasteiger partial charge in [-0.05, 0) is 42.8 Å². The van der Waals surface area contributed by atoms with E-state index in [-0.39, 0.29) is 6.54 Å². The summed E-state index contributed by atoms with van der Waals surface area (Å²) in [6, 6.07) is 19.7. The molecule has 0 unspecified atom stereocenters. The van der Waals surface area contributed by atoms with E-state index in [4.69, 9.17) is 4.74 Å². The Morgan fingerprint density at radius 2 is 1.79 bits per heavy atom. The SMILES string of the molecule is C=C(NCc1cc(F)cc(F)c1)c1cccc(Oc2ccnc(-c3cccc(C=O)c3)c2)c1C. The predicted molar refractivity (Wildman–Crippen MR) is 129 cm³/mol. The number of hydrogen-bond acceptors (Lipinski definition) is 4. The van der Waals surface area contributed by atoms with Gasteiger partial charge < -0.3 is 10.1 Å². The second-order valence-electron chi connectivity index (χ2n) is 7.76. The molecule has 4 aromatic rings. The van der Waals surface area contributed by atoms with Gasteiger partial charge in [0.15, 0.2) is 0 Å². The lowest BCUT2D eigenvalue weighted by molar-refractivity contribution is 0.112. The van der Waals surface area contributed by atoms with E-state index in [1.807, 2.05) is 37.3 Å². The van der Waals surface area contributed by atoms with E-state index in [1.54, 1.807) is 30.5 Å². The van der Waals surface area contributed by atoms with Crippen molar-refractivity contribution in [2.24, 2.45) is 0 Å². The molecule has 4 nitrogen and oxygen atoms in total. The second-order valence-corrected chi connectivity index (χ2v) is 7.76. The molecule has 0 saturated heterocycles.